The molecule has 2 N–H and O–H groups in total. The van der Waals surface area contributed by atoms with Crippen LogP contribution in [0, 0.1) is 17.7 Å². The molecule has 0 aliphatic heterocycles. The average Bonchev–Trinajstić information content (AvgIpc) is 2.70. The van der Waals surface area contributed by atoms with Gasteiger partial charge in [-0.2, -0.15) is 0 Å². The standard InChI is InChI=1S/C22H25FN2O3/c23-19-8-3-16(4-9-19)13-15-1-5-17(6-2-15)20(26)11-12-24-22(28)18-7-10-21(27)25-14-18/h3-4,7-10,14-15,17H,1-2,5-6,11-13H2,(H,24,28)(H,25,27). The van der Waals surface area contributed by atoms with E-state index in [2.05, 4.69) is 10.3 Å². The minimum atomic E-state index is -0.299. The second kappa shape index (κ2) is 9.44. The molecule has 0 spiro atoms. The average molecular weight is 384 g/mol. The van der Waals surface area contributed by atoms with Gasteiger partial charge in [-0.3, -0.25) is 14.4 Å². The Bertz CT molecular complexity index is 848. The molecule has 0 radical (unpaired) electrons. The molecule has 2 aromatic rings. The number of hydrogen-bond acceptors (Lipinski definition) is 3. The Morgan fingerprint density at radius 1 is 1.04 bits per heavy atom. The number of aromatic amines is 1. The monoisotopic (exact) mass is 384 g/mol. The third-order valence-corrected chi connectivity index (χ3v) is 5.44. The van der Waals surface area contributed by atoms with Crippen LogP contribution in [0.5, 0.6) is 0 Å². The number of nitrogens with one attached hydrogen (secondary N) is 2. The van der Waals surface area contributed by atoms with Crippen molar-refractivity contribution in [3.63, 3.8) is 0 Å². The fourth-order valence-corrected chi connectivity index (χ4v) is 3.80. The van der Waals surface area contributed by atoms with Gasteiger partial charge in [0.1, 0.15) is 11.6 Å². The molecule has 1 aromatic heterocycles. The van der Waals surface area contributed by atoms with E-state index >= 15 is 0 Å². The summed E-state index contributed by atoms with van der Waals surface area (Å²) in [5, 5.41) is 2.72. The highest BCUT2D eigenvalue weighted by atomic mass is 19.1. The molecule has 1 fully saturated rings. The summed E-state index contributed by atoms with van der Waals surface area (Å²) in [6, 6.07) is 9.40. The molecule has 0 bridgehead atoms. The summed E-state index contributed by atoms with van der Waals surface area (Å²) in [4.78, 5) is 37.9. The molecule has 28 heavy (non-hydrogen) atoms. The molecule has 148 valence electrons. The number of H-pyrrole nitrogens is 1. The van der Waals surface area contributed by atoms with Gasteiger partial charge in [0.25, 0.3) is 5.91 Å². The first kappa shape index (κ1) is 20.0. The molecule has 0 atom stereocenters. The molecule has 1 aliphatic carbocycles. The van der Waals surface area contributed by atoms with Crippen LogP contribution >= 0.6 is 0 Å². The summed E-state index contributed by atoms with van der Waals surface area (Å²) in [5.41, 5.74) is 1.25. The number of rotatable bonds is 7. The third kappa shape index (κ3) is 5.62. The van der Waals surface area contributed by atoms with Gasteiger partial charge in [0.05, 0.1) is 5.56 Å². The zero-order chi connectivity index (χ0) is 19.9. The summed E-state index contributed by atoms with van der Waals surface area (Å²) in [7, 11) is 0. The summed E-state index contributed by atoms with van der Waals surface area (Å²) in [6.07, 6.45) is 6.35. The van der Waals surface area contributed by atoms with Crippen LogP contribution in [0.2, 0.25) is 0 Å². The maximum Gasteiger partial charge on any atom is 0.252 e. The predicted molar refractivity (Wildman–Crippen MR) is 105 cm³/mol. The number of carbonyl (C=O) groups is 2. The molecule has 0 saturated heterocycles. The quantitative estimate of drug-likeness (QED) is 0.769. The molecular weight excluding hydrogens is 359 g/mol. The lowest BCUT2D eigenvalue weighted by molar-refractivity contribution is -0.123. The Hall–Kier alpha value is -2.76. The number of carbonyl (C=O) groups excluding carboxylic acids is 2. The van der Waals surface area contributed by atoms with Crippen LogP contribution < -0.4 is 10.9 Å². The van der Waals surface area contributed by atoms with Gasteiger partial charge in [-0.1, -0.05) is 12.1 Å². The number of amides is 1. The van der Waals surface area contributed by atoms with E-state index in [-0.39, 0.29) is 29.0 Å². The van der Waals surface area contributed by atoms with Gasteiger partial charge in [0.15, 0.2) is 0 Å². The number of Topliss-reactive ketones (excluding diaryl/α,β-unsaturated/α-hetero) is 1. The lowest BCUT2D eigenvalue weighted by Crippen LogP contribution is -2.29. The summed E-state index contributed by atoms with van der Waals surface area (Å²) in [6.45, 7) is 0.298. The van der Waals surface area contributed by atoms with Gasteiger partial charge in [0.2, 0.25) is 5.56 Å². The van der Waals surface area contributed by atoms with Gasteiger partial charge in [0, 0.05) is 31.1 Å². The number of benzene rings is 1. The van der Waals surface area contributed by atoms with Crippen molar-refractivity contribution in [3.8, 4) is 0 Å². The lowest BCUT2D eigenvalue weighted by Gasteiger charge is -2.27. The van der Waals surface area contributed by atoms with Gasteiger partial charge in [-0.25, -0.2) is 4.39 Å². The van der Waals surface area contributed by atoms with Gasteiger partial charge in [-0.15, -0.1) is 0 Å². The van der Waals surface area contributed by atoms with Gasteiger partial charge in [-0.05, 0) is 61.8 Å². The maximum absolute atomic E-state index is 13.0. The highest BCUT2D eigenvalue weighted by Gasteiger charge is 2.26. The summed E-state index contributed by atoms with van der Waals surface area (Å²) < 4.78 is 13.0. The van der Waals surface area contributed by atoms with Crippen molar-refractivity contribution < 1.29 is 14.0 Å². The third-order valence-electron chi connectivity index (χ3n) is 5.44. The predicted octanol–water partition coefficient (Wildman–Crippen LogP) is 3.25. The molecule has 1 aliphatic rings. The Morgan fingerprint density at radius 2 is 1.75 bits per heavy atom. The number of halogens is 1. The normalized spacial score (nSPS) is 19.2. The van der Waals surface area contributed by atoms with Crippen molar-refractivity contribution in [3.05, 3.63) is 69.9 Å². The fraction of sp³-hybridized carbons (Fsp3) is 0.409. The minimum Gasteiger partial charge on any atom is -0.352 e. The Labute approximate surface area is 163 Å². The topological polar surface area (TPSA) is 79.0 Å². The number of pyridine rings is 1. The maximum atomic E-state index is 13.0. The molecule has 0 unspecified atom stereocenters. The van der Waals surface area contributed by atoms with E-state index in [0.717, 1.165) is 37.7 Å². The van der Waals surface area contributed by atoms with Crippen LogP contribution in [0.1, 0.15) is 48.0 Å². The molecule has 1 amide bonds. The lowest BCUT2D eigenvalue weighted by atomic mass is 9.77. The molecule has 3 rings (SSSR count). The number of ketones is 1. The number of hydrogen-bond donors (Lipinski definition) is 2. The van der Waals surface area contributed by atoms with Crippen molar-refractivity contribution in [1.29, 1.82) is 0 Å². The zero-order valence-electron chi connectivity index (χ0n) is 15.7. The van der Waals surface area contributed by atoms with E-state index in [4.69, 9.17) is 0 Å². The zero-order valence-corrected chi connectivity index (χ0v) is 15.7. The Balaban J connectivity index is 1.37. The highest BCUT2D eigenvalue weighted by molar-refractivity contribution is 5.94. The van der Waals surface area contributed by atoms with Gasteiger partial charge >= 0.3 is 0 Å². The van der Waals surface area contributed by atoms with Crippen LogP contribution in [0.25, 0.3) is 0 Å². The second-order valence-electron chi connectivity index (χ2n) is 7.46. The van der Waals surface area contributed by atoms with Crippen molar-refractivity contribution >= 4 is 11.7 Å². The van der Waals surface area contributed by atoms with Crippen LogP contribution in [0.4, 0.5) is 4.39 Å². The minimum absolute atomic E-state index is 0.0643. The first-order valence-electron chi connectivity index (χ1n) is 9.75. The Morgan fingerprint density at radius 3 is 2.39 bits per heavy atom. The number of aromatic nitrogens is 1. The largest absolute Gasteiger partial charge is 0.352 e. The van der Waals surface area contributed by atoms with E-state index in [1.54, 1.807) is 0 Å². The molecule has 1 saturated carbocycles. The van der Waals surface area contributed by atoms with E-state index in [1.807, 2.05) is 12.1 Å². The first-order valence-corrected chi connectivity index (χ1v) is 9.75. The van der Waals surface area contributed by atoms with Crippen molar-refractivity contribution in [2.24, 2.45) is 11.8 Å². The van der Waals surface area contributed by atoms with Crippen molar-refractivity contribution in [2.75, 3.05) is 6.54 Å². The first-order chi connectivity index (χ1) is 13.5. The van der Waals surface area contributed by atoms with Crippen molar-refractivity contribution in [1.82, 2.24) is 10.3 Å². The van der Waals surface area contributed by atoms with E-state index in [1.165, 1.54) is 30.5 Å². The highest BCUT2D eigenvalue weighted by Crippen LogP contribution is 2.32. The Kier molecular flexibility index (Phi) is 6.74. The van der Waals surface area contributed by atoms with E-state index in [0.29, 0.717) is 24.4 Å². The summed E-state index contributed by atoms with van der Waals surface area (Å²) >= 11 is 0. The van der Waals surface area contributed by atoms with Crippen LogP contribution in [0.15, 0.2) is 47.4 Å². The molecule has 5 nitrogen and oxygen atoms in total. The smallest absolute Gasteiger partial charge is 0.252 e. The van der Waals surface area contributed by atoms with Crippen LogP contribution in [0.3, 0.4) is 0 Å². The molecule has 1 aromatic carbocycles. The SMILES string of the molecule is O=C(NCCC(=O)C1CCC(Cc2ccc(F)cc2)CC1)c1ccc(=O)[nH]c1. The van der Waals surface area contributed by atoms with Crippen LogP contribution in [-0.2, 0) is 11.2 Å². The van der Waals surface area contributed by atoms with Crippen LogP contribution in [-0.4, -0.2) is 23.2 Å². The van der Waals surface area contributed by atoms with Crippen molar-refractivity contribution in [2.45, 2.75) is 38.5 Å². The molecule has 1 heterocycles. The van der Waals surface area contributed by atoms with E-state index < -0.39 is 0 Å². The summed E-state index contributed by atoms with van der Waals surface area (Å²) in [5.74, 6) is 0.281. The second-order valence-corrected chi connectivity index (χ2v) is 7.46. The molecule has 6 heteroatoms. The van der Waals surface area contributed by atoms with E-state index in [9.17, 15) is 18.8 Å². The fourth-order valence-electron chi connectivity index (χ4n) is 3.80. The molecular formula is C22H25FN2O3. The van der Waals surface area contributed by atoms with Gasteiger partial charge < -0.3 is 10.3 Å².